The molecule has 0 radical (unpaired) electrons. The first kappa shape index (κ1) is 24.9. The second kappa shape index (κ2) is 9.23. The number of hydrogen-bond acceptors (Lipinski definition) is 2. The third-order valence-electron chi connectivity index (χ3n) is 8.65. The lowest BCUT2D eigenvalue weighted by atomic mass is 9.78. The van der Waals surface area contributed by atoms with Crippen LogP contribution in [0.15, 0.2) is 121 Å². The number of hydrogen-bond donors (Lipinski definition) is 0. The van der Waals surface area contributed by atoms with Crippen LogP contribution < -0.4 is 5.46 Å². The van der Waals surface area contributed by atoms with E-state index in [0.29, 0.717) is 0 Å². The molecule has 5 aromatic carbocycles. The van der Waals surface area contributed by atoms with E-state index in [1.807, 2.05) is 0 Å². The fourth-order valence-corrected chi connectivity index (χ4v) is 5.71. The van der Waals surface area contributed by atoms with Crippen LogP contribution in [0.4, 0.5) is 0 Å². The standard InChI is InChI=1S/C36H32BNO2/c1-35(2)36(3,4)40-37(39-35)29-14-10-13-27(23-29)28-19-22-32-31-15-8-9-16-33(31)38(34(32)24-28)30-20-17-26(18-21-30)25-11-6-5-7-12-25/h5-24H,1-4H3. The number of aromatic nitrogens is 1. The molecule has 6 aromatic rings. The van der Waals surface area contributed by atoms with Crippen LogP contribution in [0.3, 0.4) is 0 Å². The molecule has 1 aromatic heterocycles. The minimum absolute atomic E-state index is 0.371. The monoisotopic (exact) mass is 521 g/mol. The minimum atomic E-state index is -0.386. The van der Waals surface area contributed by atoms with Gasteiger partial charge >= 0.3 is 7.12 Å². The van der Waals surface area contributed by atoms with Gasteiger partial charge in [-0.15, -0.1) is 0 Å². The van der Waals surface area contributed by atoms with Crippen LogP contribution in [-0.4, -0.2) is 22.9 Å². The quantitative estimate of drug-likeness (QED) is 0.218. The molecule has 0 spiro atoms. The van der Waals surface area contributed by atoms with Gasteiger partial charge in [-0.25, -0.2) is 0 Å². The summed E-state index contributed by atoms with van der Waals surface area (Å²) in [5.74, 6) is 0. The third-order valence-corrected chi connectivity index (χ3v) is 8.65. The van der Waals surface area contributed by atoms with Crippen LogP contribution in [0, 0.1) is 0 Å². The Kier molecular flexibility index (Phi) is 5.74. The highest BCUT2D eigenvalue weighted by Crippen LogP contribution is 2.38. The predicted molar refractivity (Wildman–Crippen MR) is 167 cm³/mol. The van der Waals surface area contributed by atoms with Crippen molar-refractivity contribution in [1.29, 1.82) is 0 Å². The van der Waals surface area contributed by atoms with Gasteiger partial charge in [0.2, 0.25) is 0 Å². The van der Waals surface area contributed by atoms with Crippen LogP contribution >= 0.6 is 0 Å². The summed E-state index contributed by atoms with van der Waals surface area (Å²) in [6, 6.07) is 43.4. The molecule has 0 bridgehead atoms. The predicted octanol–water partition coefficient (Wildman–Crippen LogP) is 8.42. The van der Waals surface area contributed by atoms with Gasteiger partial charge in [0.15, 0.2) is 0 Å². The third kappa shape index (κ3) is 4.07. The van der Waals surface area contributed by atoms with Crippen molar-refractivity contribution in [3.63, 3.8) is 0 Å². The Hall–Kier alpha value is -4.12. The molecule has 0 unspecified atom stereocenters. The number of nitrogens with zero attached hydrogens (tertiary/aromatic N) is 1. The fourth-order valence-electron chi connectivity index (χ4n) is 5.71. The van der Waals surface area contributed by atoms with Gasteiger partial charge in [-0.05, 0) is 79.7 Å². The fraction of sp³-hybridized carbons (Fsp3) is 0.167. The van der Waals surface area contributed by atoms with Gasteiger partial charge in [0.25, 0.3) is 0 Å². The Bertz CT molecular complexity index is 1840. The first-order chi connectivity index (χ1) is 19.3. The molecule has 3 nitrogen and oxygen atoms in total. The van der Waals surface area contributed by atoms with Gasteiger partial charge in [0.1, 0.15) is 0 Å². The molecule has 4 heteroatoms. The Balaban J connectivity index is 1.33. The molecule has 1 aliphatic heterocycles. The van der Waals surface area contributed by atoms with Gasteiger partial charge < -0.3 is 13.9 Å². The highest BCUT2D eigenvalue weighted by Gasteiger charge is 2.51. The summed E-state index contributed by atoms with van der Waals surface area (Å²) < 4.78 is 15.1. The summed E-state index contributed by atoms with van der Waals surface area (Å²) in [5, 5.41) is 2.50. The zero-order valence-electron chi connectivity index (χ0n) is 23.4. The van der Waals surface area contributed by atoms with E-state index in [9.17, 15) is 0 Å². The van der Waals surface area contributed by atoms with E-state index in [2.05, 4.69) is 154 Å². The first-order valence-corrected chi connectivity index (χ1v) is 14.0. The lowest BCUT2D eigenvalue weighted by Crippen LogP contribution is -2.41. The zero-order valence-corrected chi connectivity index (χ0v) is 23.4. The first-order valence-electron chi connectivity index (χ1n) is 14.0. The lowest BCUT2D eigenvalue weighted by Gasteiger charge is -2.32. The summed E-state index contributed by atoms with van der Waals surface area (Å²) in [6.07, 6.45) is 0. The van der Waals surface area contributed by atoms with E-state index in [-0.39, 0.29) is 18.3 Å². The van der Waals surface area contributed by atoms with Gasteiger partial charge in [0, 0.05) is 16.5 Å². The van der Waals surface area contributed by atoms with Crippen molar-refractivity contribution in [1.82, 2.24) is 4.57 Å². The Morgan fingerprint density at radius 3 is 1.82 bits per heavy atom. The van der Waals surface area contributed by atoms with Crippen molar-refractivity contribution >= 4 is 34.4 Å². The van der Waals surface area contributed by atoms with E-state index in [4.69, 9.17) is 9.31 Å². The number of para-hydroxylation sites is 1. The van der Waals surface area contributed by atoms with Gasteiger partial charge in [0.05, 0.1) is 22.2 Å². The summed E-state index contributed by atoms with van der Waals surface area (Å²) in [5.41, 5.74) is 8.57. The van der Waals surface area contributed by atoms with Crippen molar-refractivity contribution in [2.75, 3.05) is 0 Å². The van der Waals surface area contributed by atoms with E-state index >= 15 is 0 Å². The molecule has 2 heterocycles. The van der Waals surface area contributed by atoms with Gasteiger partial charge in [-0.3, -0.25) is 0 Å². The molecule has 0 saturated carbocycles. The van der Waals surface area contributed by atoms with Crippen molar-refractivity contribution in [2.24, 2.45) is 0 Å². The molecule has 0 amide bonds. The van der Waals surface area contributed by atoms with Crippen LogP contribution in [-0.2, 0) is 9.31 Å². The zero-order chi connectivity index (χ0) is 27.5. The molecular weight excluding hydrogens is 489 g/mol. The Labute approximate surface area is 236 Å². The summed E-state index contributed by atoms with van der Waals surface area (Å²) >= 11 is 0. The molecule has 7 rings (SSSR count). The summed E-state index contributed by atoms with van der Waals surface area (Å²) in [7, 11) is -0.386. The Morgan fingerprint density at radius 1 is 0.500 bits per heavy atom. The molecule has 0 atom stereocenters. The normalized spacial score (nSPS) is 16.1. The lowest BCUT2D eigenvalue weighted by molar-refractivity contribution is 0.00578. The van der Waals surface area contributed by atoms with E-state index in [1.165, 1.54) is 32.9 Å². The highest BCUT2D eigenvalue weighted by molar-refractivity contribution is 6.62. The smallest absolute Gasteiger partial charge is 0.399 e. The largest absolute Gasteiger partial charge is 0.494 e. The molecule has 1 saturated heterocycles. The van der Waals surface area contributed by atoms with Crippen LogP contribution in [0.25, 0.3) is 49.7 Å². The second-order valence-electron chi connectivity index (χ2n) is 11.7. The average Bonchev–Trinajstić information content (AvgIpc) is 3.42. The SMILES string of the molecule is CC1(C)OB(c2cccc(-c3ccc4c5ccccc5n(-c5ccc(-c6ccccc6)cc5)c4c3)c2)OC1(C)C. The van der Waals surface area contributed by atoms with E-state index in [0.717, 1.165) is 22.3 Å². The Morgan fingerprint density at radius 2 is 1.07 bits per heavy atom. The topological polar surface area (TPSA) is 23.4 Å². The van der Waals surface area contributed by atoms with E-state index < -0.39 is 0 Å². The molecule has 0 aliphatic carbocycles. The summed E-state index contributed by atoms with van der Waals surface area (Å²) in [4.78, 5) is 0. The van der Waals surface area contributed by atoms with E-state index in [1.54, 1.807) is 0 Å². The second-order valence-corrected chi connectivity index (χ2v) is 11.7. The van der Waals surface area contributed by atoms with Crippen LogP contribution in [0.2, 0.25) is 0 Å². The van der Waals surface area contributed by atoms with Gasteiger partial charge in [-0.2, -0.15) is 0 Å². The summed E-state index contributed by atoms with van der Waals surface area (Å²) in [6.45, 7) is 8.37. The molecule has 1 aliphatic rings. The number of fused-ring (bicyclic) bond motifs is 3. The molecule has 40 heavy (non-hydrogen) atoms. The maximum Gasteiger partial charge on any atom is 0.494 e. The van der Waals surface area contributed by atoms with Crippen molar-refractivity contribution in [2.45, 2.75) is 38.9 Å². The molecule has 0 N–H and O–H groups in total. The number of benzene rings is 5. The number of rotatable bonds is 4. The van der Waals surface area contributed by atoms with Gasteiger partial charge in [-0.1, -0.05) is 97.1 Å². The van der Waals surface area contributed by atoms with Crippen LogP contribution in [0.1, 0.15) is 27.7 Å². The van der Waals surface area contributed by atoms with Crippen LogP contribution in [0.5, 0.6) is 0 Å². The maximum atomic E-state index is 6.34. The molecular formula is C36H32BNO2. The van der Waals surface area contributed by atoms with Crippen molar-refractivity contribution in [3.8, 4) is 27.9 Å². The highest BCUT2D eigenvalue weighted by atomic mass is 16.7. The average molecular weight is 521 g/mol. The molecule has 1 fully saturated rings. The minimum Gasteiger partial charge on any atom is -0.399 e. The van der Waals surface area contributed by atoms with Crippen molar-refractivity contribution < 1.29 is 9.31 Å². The molecule has 196 valence electrons. The van der Waals surface area contributed by atoms with Crippen molar-refractivity contribution in [3.05, 3.63) is 121 Å². The maximum absolute atomic E-state index is 6.34.